The number of esters is 1. The first-order valence-corrected chi connectivity index (χ1v) is 9.41. The minimum Gasteiger partial charge on any atom is -0.455 e. The van der Waals surface area contributed by atoms with Gasteiger partial charge >= 0.3 is 5.97 Å². The number of halogens is 2. The zero-order chi connectivity index (χ0) is 20.7. The molecule has 0 radical (unpaired) electrons. The standard InChI is InChI=1S/C21H20Cl2N2O3/c1-14-8-15(2)10-17(9-14)25(7-3-6-24)20(26)13-28-21(27)12-16-4-5-18(22)19(23)11-16/h4-5,8-11H,3,7,12-13H2,1-2H3. The van der Waals surface area contributed by atoms with Gasteiger partial charge in [-0.25, -0.2) is 0 Å². The van der Waals surface area contributed by atoms with E-state index < -0.39 is 12.6 Å². The van der Waals surface area contributed by atoms with E-state index in [1.807, 2.05) is 38.1 Å². The zero-order valence-corrected chi connectivity index (χ0v) is 17.2. The van der Waals surface area contributed by atoms with E-state index in [1.54, 1.807) is 18.2 Å². The van der Waals surface area contributed by atoms with Crippen molar-refractivity contribution in [2.24, 2.45) is 0 Å². The normalized spacial score (nSPS) is 10.2. The van der Waals surface area contributed by atoms with E-state index in [-0.39, 0.29) is 25.3 Å². The largest absolute Gasteiger partial charge is 0.455 e. The van der Waals surface area contributed by atoms with Crippen LogP contribution in [0.25, 0.3) is 0 Å². The monoisotopic (exact) mass is 418 g/mol. The Morgan fingerprint density at radius 1 is 1.07 bits per heavy atom. The molecule has 2 aromatic rings. The molecular formula is C21H20Cl2N2O3. The summed E-state index contributed by atoms with van der Waals surface area (Å²) < 4.78 is 5.13. The molecule has 0 aliphatic heterocycles. The van der Waals surface area contributed by atoms with Crippen LogP contribution < -0.4 is 4.90 Å². The average Bonchev–Trinajstić information content (AvgIpc) is 2.62. The van der Waals surface area contributed by atoms with E-state index in [1.165, 1.54) is 4.90 Å². The summed E-state index contributed by atoms with van der Waals surface area (Å²) in [4.78, 5) is 26.2. The number of carbonyl (C=O) groups is 2. The third-order valence-electron chi connectivity index (χ3n) is 3.96. The molecule has 0 fully saturated rings. The number of carbonyl (C=O) groups excluding carboxylic acids is 2. The number of aryl methyl sites for hydroxylation is 2. The van der Waals surface area contributed by atoms with Crippen molar-refractivity contribution in [3.05, 3.63) is 63.1 Å². The van der Waals surface area contributed by atoms with Gasteiger partial charge in [0.2, 0.25) is 0 Å². The van der Waals surface area contributed by atoms with E-state index in [0.29, 0.717) is 21.3 Å². The number of amides is 1. The van der Waals surface area contributed by atoms with E-state index in [4.69, 9.17) is 33.2 Å². The molecule has 146 valence electrons. The molecular weight excluding hydrogens is 399 g/mol. The fourth-order valence-electron chi connectivity index (χ4n) is 2.75. The third-order valence-corrected chi connectivity index (χ3v) is 4.69. The van der Waals surface area contributed by atoms with Gasteiger partial charge in [0, 0.05) is 12.2 Å². The topological polar surface area (TPSA) is 70.4 Å². The Balaban J connectivity index is 2.03. The molecule has 0 unspecified atom stereocenters. The highest BCUT2D eigenvalue weighted by Gasteiger charge is 2.18. The molecule has 28 heavy (non-hydrogen) atoms. The van der Waals surface area contributed by atoms with Gasteiger partial charge in [-0.3, -0.25) is 9.59 Å². The predicted molar refractivity (Wildman–Crippen MR) is 110 cm³/mol. The maximum atomic E-state index is 12.6. The highest BCUT2D eigenvalue weighted by molar-refractivity contribution is 6.42. The van der Waals surface area contributed by atoms with Gasteiger partial charge in [-0.15, -0.1) is 0 Å². The lowest BCUT2D eigenvalue weighted by molar-refractivity contribution is -0.147. The van der Waals surface area contributed by atoms with Crippen LogP contribution in [0.15, 0.2) is 36.4 Å². The molecule has 0 aromatic heterocycles. The highest BCUT2D eigenvalue weighted by atomic mass is 35.5. The number of hydrogen-bond donors (Lipinski definition) is 0. The van der Waals surface area contributed by atoms with Crippen LogP contribution in [0.4, 0.5) is 5.69 Å². The zero-order valence-electron chi connectivity index (χ0n) is 15.7. The first kappa shape index (κ1) is 21.7. The van der Waals surface area contributed by atoms with Gasteiger partial charge in [-0.05, 0) is 54.8 Å². The van der Waals surface area contributed by atoms with Crippen LogP contribution in [0.5, 0.6) is 0 Å². The van der Waals surface area contributed by atoms with Crippen molar-refractivity contribution in [3.8, 4) is 6.07 Å². The maximum Gasteiger partial charge on any atom is 0.310 e. The number of anilines is 1. The lowest BCUT2D eigenvalue weighted by atomic mass is 10.1. The minimum absolute atomic E-state index is 0.0219. The Kier molecular flexibility index (Phi) is 7.86. The van der Waals surface area contributed by atoms with E-state index in [9.17, 15) is 9.59 Å². The number of nitriles is 1. The van der Waals surface area contributed by atoms with Gasteiger partial charge in [0.15, 0.2) is 6.61 Å². The van der Waals surface area contributed by atoms with Crippen molar-refractivity contribution in [1.29, 1.82) is 5.26 Å². The first-order chi connectivity index (χ1) is 13.3. The Morgan fingerprint density at radius 2 is 1.75 bits per heavy atom. The molecule has 7 heteroatoms. The van der Waals surface area contributed by atoms with Crippen LogP contribution in [-0.4, -0.2) is 25.0 Å². The summed E-state index contributed by atoms with van der Waals surface area (Å²) in [6.07, 6.45) is 0.155. The Morgan fingerprint density at radius 3 is 2.36 bits per heavy atom. The van der Waals surface area contributed by atoms with Gasteiger partial charge in [0.1, 0.15) is 0 Å². The molecule has 1 amide bonds. The van der Waals surface area contributed by atoms with Gasteiger partial charge in [-0.2, -0.15) is 5.26 Å². The van der Waals surface area contributed by atoms with Crippen LogP contribution in [-0.2, 0) is 20.7 Å². The van der Waals surface area contributed by atoms with Crippen molar-refractivity contribution in [2.75, 3.05) is 18.1 Å². The Bertz CT molecular complexity index is 902. The summed E-state index contributed by atoms with van der Waals surface area (Å²) >= 11 is 11.8. The minimum atomic E-state index is -0.549. The summed E-state index contributed by atoms with van der Waals surface area (Å²) in [7, 11) is 0. The smallest absolute Gasteiger partial charge is 0.310 e. The summed E-state index contributed by atoms with van der Waals surface area (Å²) in [5.41, 5.74) is 3.32. The average molecular weight is 419 g/mol. The van der Waals surface area contributed by atoms with Gasteiger partial charge in [0.25, 0.3) is 5.91 Å². The first-order valence-electron chi connectivity index (χ1n) is 8.65. The van der Waals surface area contributed by atoms with E-state index in [0.717, 1.165) is 11.1 Å². The van der Waals surface area contributed by atoms with Gasteiger partial charge < -0.3 is 9.64 Å². The molecule has 0 saturated carbocycles. The van der Waals surface area contributed by atoms with Gasteiger partial charge in [0.05, 0.1) is 29.0 Å². The predicted octanol–water partition coefficient (Wildman–Crippen LogP) is 4.64. The molecule has 0 N–H and O–H groups in total. The SMILES string of the molecule is Cc1cc(C)cc(N(CCC#N)C(=O)COC(=O)Cc2ccc(Cl)c(Cl)c2)c1. The van der Waals surface area contributed by atoms with Crippen LogP contribution in [0, 0.1) is 25.2 Å². The van der Waals surface area contributed by atoms with Crippen molar-refractivity contribution < 1.29 is 14.3 Å². The number of nitrogens with zero attached hydrogens (tertiary/aromatic N) is 2. The van der Waals surface area contributed by atoms with Crippen LogP contribution in [0.2, 0.25) is 10.0 Å². The summed E-state index contributed by atoms with van der Waals surface area (Å²) in [6, 6.07) is 12.6. The highest BCUT2D eigenvalue weighted by Crippen LogP contribution is 2.23. The summed E-state index contributed by atoms with van der Waals surface area (Å²) in [5.74, 6) is -0.935. The molecule has 0 atom stereocenters. The molecule has 0 heterocycles. The second-order valence-electron chi connectivity index (χ2n) is 6.39. The van der Waals surface area contributed by atoms with Crippen molar-refractivity contribution in [1.82, 2.24) is 0 Å². The van der Waals surface area contributed by atoms with Crippen LogP contribution in [0.3, 0.4) is 0 Å². The molecule has 2 rings (SSSR count). The number of rotatable bonds is 7. The number of hydrogen-bond acceptors (Lipinski definition) is 4. The number of ether oxygens (including phenoxy) is 1. The van der Waals surface area contributed by atoms with E-state index >= 15 is 0 Å². The quantitative estimate of drug-likeness (QED) is 0.613. The second-order valence-corrected chi connectivity index (χ2v) is 7.20. The molecule has 0 saturated heterocycles. The Labute approximate surface area is 174 Å². The molecule has 0 aliphatic rings. The molecule has 2 aromatic carbocycles. The number of benzene rings is 2. The van der Waals surface area contributed by atoms with Crippen LogP contribution in [0.1, 0.15) is 23.1 Å². The molecule has 0 bridgehead atoms. The van der Waals surface area contributed by atoms with Crippen molar-refractivity contribution >= 4 is 40.8 Å². The fraction of sp³-hybridized carbons (Fsp3) is 0.286. The van der Waals surface area contributed by atoms with Crippen LogP contribution >= 0.6 is 23.2 Å². The lowest BCUT2D eigenvalue weighted by Crippen LogP contribution is -2.35. The third kappa shape index (κ3) is 6.26. The van der Waals surface area contributed by atoms with Crippen molar-refractivity contribution in [3.63, 3.8) is 0 Å². The maximum absolute atomic E-state index is 12.6. The summed E-state index contributed by atoms with van der Waals surface area (Å²) in [5, 5.41) is 9.63. The van der Waals surface area contributed by atoms with Gasteiger partial charge in [-0.1, -0.05) is 35.3 Å². The molecule has 5 nitrogen and oxygen atoms in total. The van der Waals surface area contributed by atoms with E-state index in [2.05, 4.69) is 0 Å². The van der Waals surface area contributed by atoms with Crippen molar-refractivity contribution in [2.45, 2.75) is 26.7 Å². The second kappa shape index (κ2) is 10.1. The molecule has 0 aliphatic carbocycles. The lowest BCUT2D eigenvalue weighted by Gasteiger charge is -2.22. The molecule has 0 spiro atoms. The summed E-state index contributed by atoms with van der Waals surface area (Å²) in [6.45, 7) is 3.68. The fourth-order valence-corrected chi connectivity index (χ4v) is 3.07. The Hall–Kier alpha value is -2.55.